The van der Waals surface area contributed by atoms with Crippen LogP contribution in [-0.2, 0) is 14.3 Å². The average molecular weight is 464 g/mol. The SMILES string of the molecule is C#CC1(O)C(n2cnc3c(N)ncnc32)OC(F)(CO)C1OC(=O)CCCCCCCCC. The Morgan fingerprint density at radius 3 is 2.67 bits per heavy atom. The maximum Gasteiger partial charge on any atom is 0.306 e. The molecule has 0 saturated carbocycles. The number of imidazole rings is 1. The van der Waals surface area contributed by atoms with E-state index >= 15 is 4.39 Å². The van der Waals surface area contributed by atoms with Crippen molar-refractivity contribution in [1.82, 2.24) is 19.5 Å². The molecule has 0 aromatic carbocycles. The van der Waals surface area contributed by atoms with E-state index < -0.39 is 36.4 Å². The molecule has 4 unspecified atom stereocenters. The number of nitrogen functional groups attached to an aromatic ring is 1. The number of rotatable bonds is 11. The lowest BCUT2D eigenvalue weighted by atomic mass is 9.93. The molecule has 33 heavy (non-hydrogen) atoms. The predicted molar refractivity (Wildman–Crippen MR) is 117 cm³/mol. The summed E-state index contributed by atoms with van der Waals surface area (Å²) in [5, 5.41) is 20.9. The summed E-state index contributed by atoms with van der Waals surface area (Å²) in [4.78, 5) is 24.4. The number of aliphatic hydroxyl groups excluding tert-OH is 1. The molecule has 1 fully saturated rings. The van der Waals surface area contributed by atoms with Gasteiger partial charge in [-0.05, 0) is 6.42 Å². The number of fused-ring (bicyclic) bond motifs is 1. The average Bonchev–Trinajstić information content (AvgIpc) is 3.33. The van der Waals surface area contributed by atoms with Crippen molar-refractivity contribution < 1.29 is 28.9 Å². The number of aromatic nitrogens is 4. The molecule has 1 aliphatic rings. The minimum Gasteiger partial charge on any atom is -0.452 e. The fraction of sp³-hybridized carbons (Fsp3) is 0.636. The zero-order chi connectivity index (χ0) is 24.1. The summed E-state index contributed by atoms with van der Waals surface area (Å²) >= 11 is 0. The molecule has 180 valence electrons. The lowest BCUT2D eigenvalue weighted by Crippen LogP contribution is -2.52. The van der Waals surface area contributed by atoms with Gasteiger partial charge in [-0.15, -0.1) is 6.42 Å². The van der Waals surface area contributed by atoms with Crippen LogP contribution in [0.15, 0.2) is 12.7 Å². The molecule has 2 aromatic rings. The number of unbranched alkanes of at least 4 members (excludes halogenated alkanes) is 6. The monoisotopic (exact) mass is 463 g/mol. The normalized spacial score (nSPS) is 27.0. The van der Waals surface area contributed by atoms with Crippen molar-refractivity contribution in [2.24, 2.45) is 0 Å². The van der Waals surface area contributed by atoms with Gasteiger partial charge in [0, 0.05) is 6.42 Å². The van der Waals surface area contributed by atoms with E-state index in [1.54, 1.807) is 0 Å². The van der Waals surface area contributed by atoms with E-state index in [1.807, 2.05) is 0 Å². The van der Waals surface area contributed by atoms with Gasteiger partial charge in [0.05, 0.1) is 6.33 Å². The number of hydrogen-bond donors (Lipinski definition) is 3. The Morgan fingerprint density at radius 2 is 2.00 bits per heavy atom. The molecule has 0 bridgehead atoms. The van der Waals surface area contributed by atoms with Crippen LogP contribution >= 0.6 is 0 Å². The Labute approximate surface area is 191 Å². The lowest BCUT2D eigenvalue weighted by molar-refractivity contribution is -0.217. The summed E-state index contributed by atoms with van der Waals surface area (Å²) in [6.07, 6.45) is 11.3. The van der Waals surface area contributed by atoms with Gasteiger partial charge in [-0.3, -0.25) is 9.36 Å². The van der Waals surface area contributed by atoms with E-state index in [0.717, 1.165) is 38.4 Å². The van der Waals surface area contributed by atoms with Gasteiger partial charge in [0.1, 0.15) is 18.5 Å². The molecule has 4 atom stereocenters. The fourth-order valence-corrected chi connectivity index (χ4v) is 3.97. The van der Waals surface area contributed by atoms with Crippen LogP contribution in [0.5, 0.6) is 0 Å². The van der Waals surface area contributed by atoms with Crippen molar-refractivity contribution >= 4 is 23.0 Å². The molecule has 1 saturated heterocycles. The van der Waals surface area contributed by atoms with Crippen molar-refractivity contribution in [2.45, 2.75) is 82.1 Å². The molecule has 0 aliphatic carbocycles. The second kappa shape index (κ2) is 10.4. The molecular formula is C22H30FN5O5. The van der Waals surface area contributed by atoms with Crippen LogP contribution in [0, 0.1) is 12.3 Å². The van der Waals surface area contributed by atoms with Gasteiger partial charge in [0.2, 0.25) is 11.7 Å². The quantitative estimate of drug-likeness (QED) is 0.259. The van der Waals surface area contributed by atoms with Crippen molar-refractivity contribution in [3.63, 3.8) is 0 Å². The Balaban J connectivity index is 1.75. The number of carbonyl (C=O) groups excluding carboxylic acids is 1. The molecule has 3 heterocycles. The first-order valence-electron chi connectivity index (χ1n) is 11.1. The summed E-state index contributed by atoms with van der Waals surface area (Å²) in [5.74, 6) is -1.55. The Morgan fingerprint density at radius 1 is 1.30 bits per heavy atom. The molecule has 0 amide bonds. The van der Waals surface area contributed by atoms with E-state index in [1.165, 1.54) is 17.3 Å². The zero-order valence-electron chi connectivity index (χ0n) is 18.6. The second-order valence-electron chi connectivity index (χ2n) is 8.21. The first kappa shape index (κ1) is 24.8. The molecule has 0 spiro atoms. The number of aliphatic hydroxyl groups is 2. The first-order chi connectivity index (χ1) is 15.8. The fourth-order valence-electron chi connectivity index (χ4n) is 3.97. The number of terminal acetylenes is 1. The number of anilines is 1. The maximum atomic E-state index is 15.5. The van der Waals surface area contributed by atoms with Crippen LogP contribution in [0.3, 0.4) is 0 Å². The summed E-state index contributed by atoms with van der Waals surface area (Å²) in [5.41, 5.74) is 3.63. The number of halogens is 1. The van der Waals surface area contributed by atoms with Crippen LogP contribution in [0.4, 0.5) is 10.2 Å². The van der Waals surface area contributed by atoms with E-state index in [9.17, 15) is 15.0 Å². The third-order valence-corrected chi connectivity index (χ3v) is 5.80. The predicted octanol–water partition coefficient (Wildman–Crippen LogP) is 2.01. The number of nitrogens with zero attached hydrogens (tertiary/aromatic N) is 4. The topological polar surface area (TPSA) is 146 Å². The highest BCUT2D eigenvalue weighted by atomic mass is 19.2. The van der Waals surface area contributed by atoms with Crippen molar-refractivity contribution in [3.8, 4) is 12.3 Å². The second-order valence-corrected chi connectivity index (χ2v) is 8.21. The van der Waals surface area contributed by atoms with Gasteiger partial charge in [-0.1, -0.05) is 51.4 Å². The van der Waals surface area contributed by atoms with Crippen LogP contribution in [0.2, 0.25) is 0 Å². The summed E-state index contributed by atoms with van der Waals surface area (Å²) in [7, 11) is 0. The molecule has 0 radical (unpaired) electrons. The number of hydrogen-bond acceptors (Lipinski definition) is 9. The van der Waals surface area contributed by atoms with E-state index in [0.29, 0.717) is 6.42 Å². The molecular weight excluding hydrogens is 433 g/mol. The highest BCUT2D eigenvalue weighted by Crippen LogP contribution is 2.47. The van der Waals surface area contributed by atoms with Crippen molar-refractivity contribution in [1.29, 1.82) is 0 Å². The molecule has 10 nitrogen and oxygen atoms in total. The minimum absolute atomic E-state index is 0.0227. The zero-order valence-corrected chi connectivity index (χ0v) is 18.6. The van der Waals surface area contributed by atoms with Crippen molar-refractivity contribution in [2.75, 3.05) is 12.3 Å². The summed E-state index contributed by atoms with van der Waals surface area (Å²) < 4.78 is 27.3. The van der Waals surface area contributed by atoms with Crippen LogP contribution in [0.25, 0.3) is 11.2 Å². The Bertz CT molecular complexity index is 1010. The largest absolute Gasteiger partial charge is 0.452 e. The first-order valence-corrected chi connectivity index (χ1v) is 11.1. The smallest absolute Gasteiger partial charge is 0.306 e. The molecule has 1 aliphatic heterocycles. The van der Waals surface area contributed by atoms with Gasteiger partial charge in [-0.25, -0.2) is 19.3 Å². The Kier molecular flexibility index (Phi) is 7.84. The van der Waals surface area contributed by atoms with Gasteiger partial charge >= 0.3 is 5.97 Å². The number of nitrogens with two attached hydrogens (primary N) is 1. The summed E-state index contributed by atoms with van der Waals surface area (Å²) in [6.45, 7) is 0.938. The standard InChI is InChI=1S/C22H30FN5O5/c1-3-5-6-7-8-9-10-11-15(30)32-19-21(31,4-2)20(33-22(19,23)12-29)28-14-27-16-17(24)25-13-26-18(16)28/h2,13-14,19-20,29,31H,3,5-12H2,1H3,(H2,24,25,26). The van der Waals surface area contributed by atoms with Crippen molar-refractivity contribution in [3.05, 3.63) is 12.7 Å². The Hall–Kier alpha value is -2.81. The third-order valence-electron chi connectivity index (χ3n) is 5.80. The van der Waals surface area contributed by atoms with E-state index in [-0.39, 0.29) is 23.4 Å². The molecule has 2 aromatic heterocycles. The molecule has 11 heteroatoms. The summed E-state index contributed by atoms with van der Waals surface area (Å²) in [6, 6.07) is 0. The molecule has 4 N–H and O–H groups in total. The lowest BCUT2D eigenvalue weighted by Gasteiger charge is -2.29. The highest BCUT2D eigenvalue weighted by Gasteiger charge is 2.67. The number of carbonyl (C=O) groups is 1. The van der Waals surface area contributed by atoms with E-state index in [4.69, 9.17) is 21.6 Å². The highest BCUT2D eigenvalue weighted by molar-refractivity contribution is 5.81. The van der Waals surface area contributed by atoms with Crippen LogP contribution in [-0.4, -0.2) is 59.9 Å². The van der Waals surface area contributed by atoms with Crippen LogP contribution < -0.4 is 5.73 Å². The third kappa shape index (κ3) is 4.93. The number of esters is 1. The number of alkyl halides is 1. The van der Waals surface area contributed by atoms with Gasteiger partial charge in [0.25, 0.3) is 5.85 Å². The van der Waals surface area contributed by atoms with Gasteiger partial charge < -0.3 is 25.4 Å². The van der Waals surface area contributed by atoms with Gasteiger partial charge in [0.15, 0.2) is 17.7 Å². The molecule has 3 rings (SSSR count). The minimum atomic E-state index is -2.95. The maximum absolute atomic E-state index is 15.5. The van der Waals surface area contributed by atoms with Gasteiger partial charge in [-0.2, -0.15) is 0 Å². The van der Waals surface area contributed by atoms with Crippen LogP contribution in [0.1, 0.15) is 64.5 Å². The van der Waals surface area contributed by atoms with E-state index in [2.05, 4.69) is 27.8 Å². The number of ether oxygens (including phenoxy) is 2.